The fraction of sp³-hybridized carbons (Fsp3) is 0.640. The molecule has 2 aliphatic carbocycles. The topological polar surface area (TPSA) is 26.3 Å². The quantitative estimate of drug-likeness (QED) is 0.410. The van der Waals surface area contributed by atoms with E-state index in [1.165, 1.54) is 12.0 Å². The summed E-state index contributed by atoms with van der Waals surface area (Å²) < 4.78 is 6.21. The minimum Gasteiger partial charge on any atom is -0.462 e. The maximum absolute atomic E-state index is 12.9. The van der Waals surface area contributed by atoms with Gasteiger partial charge in [-0.25, -0.2) is 0 Å². The Hall–Kier alpha value is -1.35. The molecule has 2 fully saturated rings. The molecule has 0 heterocycles. The van der Waals surface area contributed by atoms with Gasteiger partial charge in [0.1, 0.15) is 6.10 Å². The molecule has 0 aliphatic heterocycles. The van der Waals surface area contributed by atoms with Crippen molar-refractivity contribution in [3.63, 3.8) is 0 Å². The molecule has 2 nitrogen and oxygen atoms in total. The van der Waals surface area contributed by atoms with Crippen LogP contribution in [0.5, 0.6) is 0 Å². The van der Waals surface area contributed by atoms with Crippen molar-refractivity contribution in [3.05, 3.63) is 47.7 Å². The van der Waals surface area contributed by atoms with Gasteiger partial charge in [-0.2, -0.15) is 0 Å². The standard InChI is InChI=1S/C25H38O2Si/c1-18-12-13-22(25(2,3)20-10-8-7-9-11-20)23(16-18)27-24(26)21-17-19(21)14-15-28(4,5)6/h7-11,14-15,18-19,21-23H,12-13,16-17H2,1-6H3/b15-14+/t18-,19+,21+,22-,23-/m1/s1. The van der Waals surface area contributed by atoms with Crippen molar-refractivity contribution < 1.29 is 9.53 Å². The number of ether oxygens (including phenoxy) is 1. The summed E-state index contributed by atoms with van der Waals surface area (Å²) >= 11 is 0. The molecule has 1 aromatic rings. The molecule has 5 atom stereocenters. The molecular weight excluding hydrogens is 360 g/mol. The highest BCUT2D eigenvalue weighted by atomic mass is 28.3. The van der Waals surface area contributed by atoms with Crippen LogP contribution in [0.3, 0.4) is 0 Å². The number of carbonyl (C=O) groups excluding carboxylic acids is 1. The third kappa shape index (κ3) is 5.17. The first-order valence-corrected chi connectivity index (χ1v) is 14.6. The van der Waals surface area contributed by atoms with E-state index in [1.807, 2.05) is 0 Å². The second-order valence-electron chi connectivity index (χ2n) is 10.8. The molecule has 1 aromatic carbocycles. The molecule has 154 valence electrons. The molecule has 0 bridgehead atoms. The lowest BCUT2D eigenvalue weighted by atomic mass is 9.64. The number of esters is 1. The van der Waals surface area contributed by atoms with Gasteiger partial charge in [0.15, 0.2) is 0 Å². The van der Waals surface area contributed by atoms with Crippen LogP contribution in [-0.4, -0.2) is 20.1 Å². The fourth-order valence-corrected chi connectivity index (χ4v) is 5.54. The second-order valence-corrected chi connectivity index (χ2v) is 15.9. The van der Waals surface area contributed by atoms with Gasteiger partial charge in [-0.3, -0.25) is 4.79 Å². The van der Waals surface area contributed by atoms with Crippen molar-refractivity contribution in [1.29, 1.82) is 0 Å². The Morgan fingerprint density at radius 2 is 1.79 bits per heavy atom. The highest BCUT2D eigenvalue weighted by Crippen LogP contribution is 2.46. The predicted molar refractivity (Wildman–Crippen MR) is 120 cm³/mol. The minimum absolute atomic E-state index is 0.00698. The Labute approximate surface area is 172 Å². The number of hydrogen-bond acceptors (Lipinski definition) is 2. The molecule has 3 heteroatoms. The van der Waals surface area contributed by atoms with Gasteiger partial charge >= 0.3 is 5.97 Å². The lowest BCUT2D eigenvalue weighted by molar-refractivity contribution is -0.158. The molecule has 0 aromatic heterocycles. The molecular formula is C25H38O2Si. The molecule has 0 radical (unpaired) electrons. The van der Waals surface area contributed by atoms with E-state index < -0.39 is 8.07 Å². The molecule has 28 heavy (non-hydrogen) atoms. The maximum atomic E-state index is 12.9. The molecule has 0 spiro atoms. The van der Waals surface area contributed by atoms with Crippen LogP contribution in [0.15, 0.2) is 42.1 Å². The molecule has 0 amide bonds. The van der Waals surface area contributed by atoms with Crippen molar-refractivity contribution in [2.75, 3.05) is 0 Å². The van der Waals surface area contributed by atoms with Crippen LogP contribution in [0.2, 0.25) is 19.6 Å². The molecule has 2 saturated carbocycles. The van der Waals surface area contributed by atoms with E-state index in [9.17, 15) is 4.79 Å². The van der Waals surface area contributed by atoms with E-state index in [0.29, 0.717) is 17.8 Å². The van der Waals surface area contributed by atoms with E-state index in [-0.39, 0.29) is 23.4 Å². The highest BCUT2D eigenvalue weighted by molar-refractivity contribution is 6.80. The Morgan fingerprint density at radius 1 is 1.11 bits per heavy atom. The first-order chi connectivity index (χ1) is 13.1. The zero-order chi connectivity index (χ0) is 20.5. The third-order valence-electron chi connectivity index (χ3n) is 6.75. The van der Waals surface area contributed by atoms with Crippen molar-refractivity contribution >= 4 is 14.0 Å². The fourth-order valence-electron chi connectivity index (χ4n) is 4.71. The van der Waals surface area contributed by atoms with Crippen LogP contribution in [0.25, 0.3) is 0 Å². The summed E-state index contributed by atoms with van der Waals surface area (Å²) in [6.07, 6.45) is 6.63. The summed E-state index contributed by atoms with van der Waals surface area (Å²) in [5.74, 6) is 1.54. The third-order valence-corrected chi connectivity index (χ3v) is 7.94. The normalized spacial score (nSPS) is 31.0. The van der Waals surface area contributed by atoms with E-state index in [0.717, 1.165) is 19.3 Å². The van der Waals surface area contributed by atoms with E-state index >= 15 is 0 Å². The van der Waals surface area contributed by atoms with Crippen LogP contribution in [0, 0.1) is 23.7 Å². The van der Waals surface area contributed by atoms with Crippen LogP contribution in [-0.2, 0) is 14.9 Å². The largest absolute Gasteiger partial charge is 0.462 e. The average molecular weight is 399 g/mol. The first-order valence-electron chi connectivity index (χ1n) is 11.0. The Balaban J connectivity index is 1.68. The van der Waals surface area contributed by atoms with E-state index in [2.05, 4.69) is 82.5 Å². The SMILES string of the molecule is C[C@@H]1CC[C@@H](C(C)(C)c2ccccc2)[C@H](OC(=O)[C@H]2C[C@@H]2/C=C/[Si](C)(C)C)C1. The molecule has 3 rings (SSSR count). The Bertz CT molecular complexity index is 701. The van der Waals surface area contributed by atoms with Gasteiger partial charge in [-0.15, -0.1) is 0 Å². The summed E-state index contributed by atoms with van der Waals surface area (Å²) in [6.45, 7) is 13.9. The van der Waals surface area contributed by atoms with Crippen LogP contribution >= 0.6 is 0 Å². The number of allylic oxidation sites excluding steroid dienone is 1. The highest BCUT2D eigenvalue weighted by Gasteiger charge is 2.47. The van der Waals surface area contributed by atoms with Crippen LogP contribution < -0.4 is 0 Å². The zero-order valence-corrected chi connectivity index (χ0v) is 19.6. The first kappa shape index (κ1) is 21.4. The monoisotopic (exact) mass is 398 g/mol. The second kappa shape index (κ2) is 8.18. The lowest BCUT2D eigenvalue weighted by Crippen LogP contribution is -2.43. The summed E-state index contributed by atoms with van der Waals surface area (Å²) in [6, 6.07) is 10.7. The average Bonchev–Trinajstić information content (AvgIpc) is 3.40. The predicted octanol–water partition coefficient (Wildman–Crippen LogP) is 6.38. The van der Waals surface area contributed by atoms with Crippen LogP contribution in [0.4, 0.5) is 0 Å². The van der Waals surface area contributed by atoms with Gasteiger partial charge in [0.05, 0.1) is 14.0 Å². The van der Waals surface area contributed by atoms with Gasteiger partial charge in [-0.05, 0) is 42.1 Å². The Morgan fingerprint density at radius 3 is 2.43 bits per heavy atom. The van der Waals surface area contributed by atoms with Crippen molar-refractivity contribution in [3.8, 4) is 0 Å². The molecule has 0 N–H and O–H groups in total. The summed E-state index contributed by atoms with van der Waals surface area (Å²) in [5, 5.41) is 0. The van der Waals surface area contributed by atoms with Gasteiger partial charge in [0.2, 0.25) is 0 Å². The van der Waals surface area contributed by atoms with Crippen LogP contribution in [0.1, 0.15) is 52.0 Å². The van der Waals surface area contributed by atoms with Crippen molar-refractivity contribution in [1.82, 2.24) is 0 Å². The van der Waals surface area contributed by atoms with Gasteiger partial charge in [0.25, 0.3) is 0 Å². The maximum Gasteiger partial charge on any atom is 0.309 e. The lowest BCUT2D eigenvalue weighted by Gasteiger charge is -2.44. The Kier molecular flexibility index (Phi) is 6.24. The summed E-state index contributed by atoms with van der Waals surface area (Å²) in [5.41, 5.74) is 3.72. The van der Waals surface area contributed by atoms with Gasteiger partial charge in [-0.1, -0.05) is 88.9 Å². The summed E-state index contributed by atoms with van der Waals surface area (Å²) in [4.78, 5) is 12.9. The number of carbonyl (C=O) groups is 1. The van der Waals surface area contributed by atoms with Crippen molar-refractivity contribution in [2.45, 2.75) is 77.6 Å². The van der Waals surface area contributed by atoms with Gasteiger partial charge < -0.3 is 4.74 Å². The zero-order valence-electron chi connectivity index (χ0n) is 18.6. The van der Waals surface area contributed by atoms with E-state index in [1.54, 1.807) is 0 Å². The molecule has 0 unspecified atom stereocenters. The number of hydrogen-bond donors (Lipinski definition) is 0. The molecule has 2 aliphatic rings. The van der Waals surface area contributed by atoms with E-state index in [4.69, 9.17) is 4.74 Å². The summed E-state index contributed by atoms with van der Waals surface area (Å²) in [7, 11) is -1.20. The minimum atomic E-state index is -1.20. The molecule has 0 saturated heterocycles. The van der Waals surface area contributed by atoms with Gasteiger partial charge in [0, 0.05) is 5.92 Å². The van der Waals surface area contributed by atoms with Crippen molar-refractivity contribution in [2.24, 2.45) is 23.7 Å². The smallest absolute Gasteiger partial charge is 0.309 e. The number of rotatable bonds is 6. The number of benzene rings is 1.